The SMILES string of the molecule is COCCN(Cc1c(-c2ccccc2)nn(C)c1Oc1ccccc1)C[C@H](O)COC(C)C. The van der Waals surface area contributed by atoms with Crippen LogP contribution in [0.1, 0.15) is 19.4 Å². The molecule has 3 aromatic rings. The number of benzene rings is 2. The molecule has 1 atom stereocenters. The van der Waals surface area contributed by atoms with Crippen molar-refractivity contribution in [3.8, 4) is 22.9 Å². The van der Waals surface area contributed by atoms with Gasteiger partial charge in [-0.25, -0.2) is 4.68 Å². The zero-order chi connectivity index (χ0) is 23.6. The Bertz CT molecular complexity index is 960. The van der Waals surface area contributed by atoms with Crippen molar-refractivity contribution in [2.75, 3.05) is 33.4 Å². The fourth-order valence-electron chi connectivity index (χ4n) is 3.58. The van der Waals surface area contributed by atoms with Crippen molar-refractivity contribution in [1.82, 2.24) is 14.7 Å². The summed E-state index contributed by atoms with van der Waals surface area (Å²) in [5, 5.41) is 15.4. The molecule has 0 unspecified atom stereocenters. The topological polar surface area (TPSA) is 69.0 Å². The summed E-state index contributed by atoms with van der Waals surface area (Å²) in [7, 11) is 3.57. The third kappa shape index (κ3) is 7.40. The molecule has 0 aliphatic heterocycles. The lowest BCUT2D eigenvalue weighted by atomic mass is 10.1. The molecule has 0 bridgehead atoms. The third-order valence-electron chi connectivity index (χ3n) is 5.18. The van der Waals surface area contributed by atoms with Crippen LogP contribution in [0, 0.1) is 0 Å². The maximum Gasteiger partial charge on any atom is 0.222 e. The number of hydrogen-bond acceptors (Lipinski definition) is 6. The van der Waals surface area contributed by atoms with Crippen LogP contribution < -0.4 is 4.74 Å². The summed E-state index contributed by atoms with van der Waals surface area (Å²) in [6, 6.07) is 19.8. The van der Waals surface area contributed by atoms with Crippen LogP contribution in [0.3, 0.4) is 0 Å². The first-order valence-electron chi connectivity index (χ1n) is 11.3. The van der Waals surface area contributed by atoms with Crippen LogP contribution in [-0.2, 0) is 23.1 Å². The van der Waals surface area contributed by atoms with Gasteiger partial charge in [0.1, 0.15) is 11.4 Å². The predicted octanol–water partition coefficient (Wildman–Crippen LogP) is 4.11. The van der Waals surface area contributed by atoms with Gasteiger partial charge in [0.05, 0.1) is 31.0 Å². The van der Waals surface area contributed by atoms with E-state index in [9.17, 15) is 5.11 Å². The van der Waals surface area contributed by atoms with Crippen LogP contribution in [0.4, 0.5) is 0 Å². The number of aliphatic hydroxyl groups is 1. The summed E-state index contributed by atoms with van der Waals surface area (Å²) in [5.74, 6) is 1.42. The van der Waals surface area contributed by atoms with Gasteiger partial charge in [0.15, 0.2) is 0 Å². The second-order valence-electron chi connectivity index (χ2n) is 8.30. The second-order valence-corrected chi connectivity index (χ2v) is 8.30. The largest absolute Gasteiger partial charge is 0.439 e. The molecule has 1 heterocycles. The molecule has 0 amide bonds. The Kier molecular flexibility index (Phi) is 9.45. The number of aliphatic hydroxyl groups excluding tert-OH is 1. The van der Waals surface area contributed by atoms with Gasteiger partial charge in [-0.2, -0.15) is 5.10 Å². The second kappa shape index (κ2) is 12.5. The van der Waals surface area contributed by atoms with Crippen LogP contribution in [0.2, 0.25) is 0 Å². The van der Waals surface area contributed by atoms with Crippen molar-refractivity contribution in [3.63, 3.8) is 0 Å². The standard InChI is InChI=1S/C26H35N3O4/c1-20(2)32-19-22(30)17-29(15-16-31-4)18-24-25(21-11-7-5-8-12-21)27-28(3)26(24)33-23-13-9-6-10-14-23/h5-14,20,22,30H,15-19H2,1-4H3/t22-/m0/s1. The molecule has 0 aliphatic rings. The summed E-state index contributed by atoms with van der Waals surface area (Å²) in [6.45, 7) is 6.41. The number of ether oxygens (including phenoxy) is 3. The quantitative estimate of drug-likeness (QED) is 0.420. The van der Waals surface area contributed by atoms with E-state index in [-0.39, 0.29) is 12.7 Å². The molecule has 2 aromatic carbocycles. The maximum absolute atomic E-state index is 10.6. The number of para-hydroxylation sites is 1. The van der Waals surface area contributed by atoms with E-state index in [0.717, 1.165) is 22.6 Å². The molecule has 0 aliphatic carbocycles. The van der Waals surface area contributed by atoms with E-state index in [4.69, 9.17) is 19.3 Å². The smallest absolute Gasteiger partial charge is 0.222 e. The van der Waals surface area contributed by atoms with Crippen LogP contribution in [-0.4, -0.2) is 65.4 Å². The van der Waals surface area contributed by atoms with Gasteiger partial charge in [-0.05, 0) is 26.0 Å². The van der Waals surface area contributed by atoms with Crippen LogP contribution >= 0.6 is 0 Å². The molecule has 0 spiro atoms. The number of rotatable bonds is 13. The van der Waals surface area contributed by atoms with Gasteiger partial charge in [-0.1, -0.05) is 48.5 Å². The molecule has 0 radical (unpaired) electrons. The molecule has 1 aromatic heterocycles. The molecule has 0 fully saturated rings. The summed E-state index contributed by atoms with van der Waals surface area (Å²) in [6.07, 6.45) is -0.541. The van der Waals surface area contributed by atoms with Crippen LogP contribution in [0.5, 0.6) is 11.6 Å². The van der Waals surface area contributed by atoms with E-state index < -0.39 is 6.10 Å². The van der Waals surface area contributed by atoms with Gasteiger partial charge in [0.25, 0.3) is 0 Å². The number of aryl methyl sites for hydroxylation is 1. The first kappa shape index (κ1) is 24.9. The molecule has 0 saturated carbocycles. The van der Waals surface area contributed by atoms with Gasteiger partial charge < -0.3 is 19.3 Å². The normalized spacial score (nSPS) is 12.5. The molecule has 7 heteroatoms. The Labute approximate surface area is 196 Å². The summed E-state index contributed by atoms with van der Waals surface area (Å²) in [5.41, 5.74) is 2.83. The van der Waals surface area contributed by atoms with Crippen LogP contribution in [0.15, 0.2) is 60.7 Å². The van der Waals surface area contributed by atoms with Crippen LogP contribution in [0.25, 0.3) is 11.3 Å². The molecular weight excluding hydrogens is 418 g/mol. The third-order valence-corrected chi connectivity index (χ3v) is 5.18. The Hall–Kier alpha value is -2.71. The zero-order valence-corrected chi connectivity index (χ0v) is 20.0. The molecule has 0 saturated heterocycles. The highest BCUT2D eigenvalue weighted by Gasteiger charge is 2.23. The lowest BCUT2D eigenvalue weighted by molar-refractivity contribution is -0.0121. The van der Waals surface area contributed by atoms with Crippen molar-refractivity contribution in [2.24, 2.45) is 7.05 Å². The summed E-state index contributed by atoms with van der Waals surface area (Å²) < 4.78 is 19.0. The van der Waals surface area contributed by atoms with E-state index in [2.05, 4.69) is 4.90 Å². The van der Waals surface area contributed by atoms with Crippen molar-refractivity contribution >= 4 is 0 Å². The Morgan fingerprint density at radius 3 is 2.33 bits per heavy atom. The number of nitrogens with zero attached hydrogens (tertiary/aromatic N) is 3. The Balaban J connectivity index is 1.92. The van der Waals surface area contributed by atoms with Gasteiger partial charge >= 0.3 is 0 Å². The first-order valence-corrected chi connectivity index (χ1v) is 11.3. The average Bonchev–Trinajstić information content (AvgIpc) is 3.12. The maximum atomic E-state index is 10.6. The zero-order valence-electron chi connectivity index (χ0n) is 20.0. The lowest BCUT2D eigenvalue weighted by Gasteiger charge is -2.25. The lowest BCUT2D eigenvalue weighted by Crippen LogP contribution is -2.37. The highest BCUT2D eigenvalue weighted by Crippen LogP contribution is 2.34. The van der Waals surface area contributed by atoms with Crippen molar-refractivity contribution in [3.05, 3.63) is 66.2 Å². The van der Waals surface area contributed by atoms with Crippen molar-refractivity contribution in [1.29, 1.82) is 0 Å². The van der Waals surface area contributed by atoms with Gasteiger partial charge in [-0.15, -0.1) is 0 Å². The molecule has 3 rings (SSSR count). The minimum Gasteiger partial charge on any atom is -0.439 e. The van der Waals surface area contributed by atoms with Crippen molar-refractivity contribution < 1.29 is 19.3 Å². The fourth-order valence-corrected chi connectivity index (χ4v) is 3.58. The van der Waals surface area contributed by atoms with Gasteiger partial charge in [0.2, 0.25) is 5.88 Å². The van der Waals surface area contributed by atoms with Crippen molar-refractivity contribution in [2.45, 2.75) is 32.6 Å². The van der Waals surface area contributed by atoms with E-state index in [1.165, 1.54) is 0 Å². The predicted molar refractivity (Wildman–Crippen MR) is 129 cm³/mol. The van der Waals surface area contributed by atoms with E-state index >= 15 is 0 Å². The monoisotopic (exact) mass is 453 g/mol. The molecule has 178 valence electrons. The molecule has 33 heavy (non-hydrogen) atoms. The Morgan fingerprint density at radius 1 is 1.03 bits per heavy atom. The van der Waals surface area contributed by atoms with Gasteiger partial charge in [-0.3, -0.25) is 4.90 Å². The first-order chi connectivity index (χ1) is 16.0. The highest BCUT2D eigenvalue weighted by molar-refractivity contribution is 5.65. The number of aromatic nitrogens is 2. The minimum absolute atomic E-state index is 0.0703. The average molecular weight is 454 g/mol. The molecule has 7 nitrogen and oxygen atoms in total. The number of hydrogen-bond donors (Lipinski definition) is 1. The molecular formula is C26H35N3O4. The highest BCUT2D eigenvalue weighted by atomic mass is 16.5. The van der Waals surface area contributed by atoms with E-state index in [1.807, 2.05) is 81.6 Å². The Morgan fingerprint density at radius 2 is 1.70 bits per heavy atom. The fraction of sp³-hybridized carbons (Fsp3) is 0.423. The van der Waals surface area contributed by atoms with Gasteiger partial charge in [0, 0.05) is 39.4 Å². The summed E-state index contributed by atoms with van der Waals surface area (Å²) >= 11 is 0. The molecule has 1 N–H and O–H groups in total. The van der Waals surface area contributed by atoms with E-state index in [0.29, 0.717) is 32.1 Å². The minimum atomic E-state index is -0.611. The van der Waals surface area contributed by atoms with E-state index in [1.54, 1.807) is 11.8 Å². The number of methoxy groups -OCH3 is 1. The summed E-state index contributed by atoms with van der Waals surface area (Å²) in [4.78, 5) is 2.15.